The van der Waals surface area contributed by atoms with Crippen LogP contribution < -0.4 is 58.6 Å². The van der Waals surface area contributed by atoms with Crippen LogP contribution >= 0.6 is 0 Å². The molecule has 0 aliphatic rings. The molecule has 0 heterocycles. The van der Waals surface area contributed by atoms with Crippen LogP contribution in [0.5, 0.6) is 0 Å². The van der Waals surface area contributed by atoms with E-state index < -0.39 is 22.8 Å². The summed E-state index contributed by atoms with van der Waals surface area (Å²) in [5, 5.41) is 22.3. The van der Waals surface area contributed by atoms with E-state index in [0.717, 1.165) is 12.8 Å². The summed E-state index contributed by atoms with van der Waals surface area (Å²) >= 11 is 0. The fourth-order valence-electron chi connectivity index (χ4n) is 1.91. The zero-order chi connectivity index (χ0) is 13.0. The van der Waals surface area contributed by atoms with Crippen molar-refractivity contribution in [2.75, 3.05) is 0 Å². The van der Waals surface area contributed by atoms with Crippen molar-refractivity contribution in [1.29, 1.82) is 0 Å². The quantitative estimate of drug-likeness (QED) is 0.270. The Bertz CT molecular complexity index is 260. The molecule has 0 aromatic rings. The number of hydrogen-bond donors (Lipinski definition) is 0. The van der Waals surface area contributed by atoms with Gasteiger partial charge in [-0.3, -0.25) is 0 Å². The van der Waals surface area contributed by atoms with E-state index in [0.29, 0.717) is 6.42 Å². The van der Waals surface area contributed by atoms with Gasteiger partial charge >= 0.3 is 48.4 Å². The van der Waals surface area contributed by atoms with E-state index in [1.54, 1.807) is 20.8 Å². The molecule has 0 bridgehead atoms. The normalized spacial score (nSPS) is 11.1. The van der Waals surface area contributed by atoms with Gasteiger partial charge < -0.3 is 19.8 Å². The standard InChI is InChI=1S/C12H22O4.Li.Na/c1-5-6-7-8-12(9(13)14,10(15)16)11(2,3)4;;/h5-8H2,1-4H3,(H,13,14)(H,15,16);;/q;2*+1/p-2. The Morgan fingerprint density at radius 2 is 1.39 bits per heavy atom. The maximum atomic E-state index is 11.2. The minimum absolute atomic E-state index is 0. The van der Waals surface area contributed by atoms with Crippen molar-refractivity contribution >= 4 is 11.9 Å². The Morgan fingerprint density at radius 1 is 1.00 bits per heavy atom. The summed E-state index contributed by atoms with van der Waals surface area (Å²) in [6.45, 7) is 6.73. The molecule has 94 valence electrons. The monoisotopic (exact) mass is 258 g/mol. The van der Waals surface area contributed by atoms with Crippen LogP contribution in [0.25, 0.3) is 0 Å². The van der Waals surface area contributed by atoms with E-state index >= 15 is 0 Å². The Hall–Kier alpha value is 0.537. The second-order valence-corrected chi connectivity index (χ2v) is 5.19. The van der Waals surface area contributed by atoms with E-state index in [1.165, 1.54) is 0 Å². The van der Waals surface area contributed by atoms with Crippen LogP contribution in [-0.2, 0) is 9.59 Å². The zero-order valence-electron chi connectivity index (χ0n) is 12.5. The van der Waals surface area contributed by atoms with Gasteiger partial charge in [0.25, 0.3) is 0 Å². The number of carboxylic acid groups (broad SMARTS) is 2. The molecule has 0 saturated carbocycles. The molecule has 0 atom stereocenters. The first-order valence-corrected chi connectivity index (χ1v) is 5.63. The predicted molar refractivity (Wildman–Crippen MR) is 56.0 cm³/mol. The first kappa shape index (κ1) is 23.6. The molecular formula is C12H20LiNaO4. The van der Waals surface area contributed by atoms with Gasteiger partial charge in [0.15, 0.2) is 0 Å². The molecule has 0 unspecified atom stereocenters. The Balaban J connectivity index is -0.00000112. The number of carbonyl (C=O) groups is 2. The smallest absolute Gasteiger partial charge is 0.549 e. The molecule has 0 aromatic carbocycles. The molecule has 0 N–H and O–H groups in total. The number of aliphatic carboxylic acids is 2. The fourth-order valence-corrected chi connectivity index (χ4v) is 1.91. The van der Waals surface area contributed by atoms with Gasteiger partial charge in [0, 0.05) is 0 Å². The first-order chi connectivity index (χ1) is 7.20. The second-order valence-electron chi connectivity index (χ2n) is 5.19. The van der Waals surface area contributed by atoms with E-state index in [1.807, 2.05) is 6.92 Å². The maximum Gasteiger partial charge on any atom is 1.00 e. The third-order valence-electron chi connectivity index (χ3n) is 3.13. The van der Waals surface area contributed by atoms with E-state index in [2.05, 4.69) is 0 Å². The van der Waals surface area contributed by atoms with Crippen molar-refractivity contribution in [1.82, 2.24) is 0 Å². The van der Waals surface area contributed by atoms with Crippen molar-refractivity contribution in [2.45, 2.75) is 53.4 Å². The average Bonchev–Trinajstić information content (AvgIpc) is 2.08. The summed E-state index contributed by atoms with van der Waals surface area (Å²) < 4.78 is 0. The zero-order valence-corrected chi connectivity index (χ0v) is 14.5. The summed E-state index contributed by atoms with van der Waals surface area (Å²) in [4.78, 5) is 22.3. The summed E-state index contributed by atoms with van der Waals surface area (Å²) in [5.41, 5.74) is -2.82. The van der Waals surface area contributed by atoms with Crippen LogP contribution in [0.4, 0.5) is 0 Å². The van der Waals surface area contributed by atoms with Gasteiger partial charge in [-0.25, -0.2) is 0 Å². The van der Waals surface area contributed by atoms with Gasteiger partial charge in [-0.2, -0.15) is 0 Å². The van der Waals surface area contributed by atoms with Gasteiger partial charge in [-0.15, -0.1) is 0 Å². The molecule has 0 fully saturated rings. The molecule has 0 amide bonds. The van der Waals surface area contributed by atoms with Crippen LogP contribution in [0, 0.1) is 10.8 Å². The summed E-state index contributed by atoms with van der Waals surface area (Å²) in [6, 6.07) is 0. The third kappa shape index (κ3) is 5.26. The Labute approximate surface area is 143 Å². The van der Waals surface area contributed by atoms with E-state index in [4.69, 9.17) is 0 Å². The van der Waals surface area contributed by atoms with Crippen LogP contribution in [-0.4, -0.2) is 11.9 Å². The summed E-state index contributed by atoms with van der Waals surface area (Å²) in [5.74, 6) is -3.09. The van der Waals surface area contributed by atoms with E-state index in [-0.39, 0.29) is 54.8 Å². The SMILES string of the molecule is CCCCCC(C(=O)[O-])(C(=O)[O-])C(C)(C)C.[Li+].[Na+]. The molecule has 0 aliphatic carbocycles. The molecule has 6 heteroatoms. The average molecular weight is 258 g/mol. The van der Waals surface area contributed by atoms with Crippen LogP contribution in [0.2, 0.25) is 0 Å². The molecule has 18 heavy (non-hydrogen) atoms. The molecule has 0 rings (SSSR count). The van der Waals surface area contributed by atoms with Gasteiger partial charge in [0.2, 0.25) is 0 Å². The Morgan fingerprint density at radius 3 is 1.61 bits per heavy atom. The largest absolute Gasteiger partial charge is 1.00 e. The second kappa shape index (κ2) is 9.44. The van der Waals surface area contributed by atoms with Gasteiger partial charge in [0.05, 0.1) is 17.4 Å². The number of rotatable bonds is 6. The van der Waals surface area contributed by atoms with Crippen molar-refractivity contribution in [2.24, 2.45) is 10.8 Å². The maximum absolute atomic E-state index is 11.2. The molecule has 0 spiro atoms. The van der Waals surface area contributed by atoms with Crippen LogP contribution in [0.3, 0.4) is 0 Å². The van der Waals surface area contributed by atoms with E-state index in [9.17, 15) is 19.8 Å². The minimum atomic E-state index is -1.90. The van der Waals surface area contributed by atoms with Crippen LogP contribution in [0.1, 0.15) is 53.4 Å². The fraction of sp³-hybridized carbons (Fsp3) is 0.833. The summed E-state index contributed by atoms with van der Waals surface area (Å²) in [7, 11) is 0. The van der Waals surface area contributed by atoms with Gasteiger partial charge in [-0.05, 0) is 11.8 Å². The molecule has 0 aliphatic heterocycles. The third-order valence-corrected chi connectivity index (χ3v) is 3.13. The summed E-state index contributed by atoms with van der Waals surface area (Å²) in [6.07, 6.45) is 2.32. The topological polar surface area (TPSA) is 80.3 Å². The molecular weight excluding hydrogens is 238 g/mol. The Kier molecular flexibility index (Phi) is 12.4. The number of unbranched alkanes of at least 4 members (excludes halogenated alkanes) is 2. The van der Waals surface area contributed by atoms with Gasteiger partial charge in [-0.1, -0.05) is 47.0 Å². The van der Waals surface area contributed by atoms with Crippen molar-refractivity contribution in [3.63, 3.8) is 0 Å². The first-order valence-electron chi connectivity index (χ1n) is 5.63. The van der Waals surface area contributed by atoms with Crippen molar-refractivity contribution in [3.8, 4) is 0 Å². The predicted octanol–water partition coefficient (Wildman–Crippen LogP) is -5.89. The molecule has 0 radical (unpaired) electrons. The number of hydrogen-bond acceptors (Lipinski definition) is 4. The molecule has 0 saturated heterocycles. The number of carbonyl (C=O) groups excluding carboxylic acids is 2. The minimum Gasteiger partial charge on any atom is -0.549 e. The van der Waals surface area contributed by atoms with Crippen molar-refractivity contribution in [3.05, 3.63) is 0 Å². The van der Waals surface area contributed by atoms with Gasteiger partial charge in [0.1, 0.15) is 0 Å². The molecule has 4 nitrogen and oxygen atoms in total. The van der Waals surface area contributed by atoms with Crippen LogP contribution in [0.15, 0.2) is 0 Å². The number of carboxylic acids is 2. The molecule has 0 aromatic heterocycles. The van der Waals surface area contributed by atoms with Crippen molar-refractivity contribution < 1.29 is 68.2 Å².